The summed E-state index contributed by atoms with van der Waals surface area (Å²) in [5.74, 6) is 0. The van der Waals surface area contributed by atoms with Crippen LogP contribution in [0.1, 0.15) is 31.7 Å². The van der Waals surface area contributed by atoms with Gasteiger partial charge in [-0.2, -0.15) is 0 Å². The standard InChI is InChI=1S/C15H20N2S/c1-3-13(4-2)16-10-15-17-14(11-18-15)12-8-6-5-7-9-12/h5-9,11,13,16H,3-4,10H2,1-2H3. The number of rotatable bonds is 6. The van der Waals surface area contributed by atoms with E-state index >= 15 is 0 Å². The molecule has 0 aliphatic heterocycles. The molecule has 1 N–H and O–H groups in total. The van der Waals surface area contributed by atoms with Gasteiger partial charge in [0, 0.05) is 23.5 Å². The Balaban J connectivity index is 1.98. The fraction of sp³-hybridized carbons (Fsp3) is 0.400. The summed E-state index contributed by atoms with van der Waals surface area (Å²) < 4.78 is 0. The molecule has 18 heavy (non-hydrogen) atoms. The number of hydrogen-bond donors (Lipinski definition) is 1. The van der Waals surface area contributed by atoms with Crippen LogP contribution >= 0.6 is 11.3 Å². The van der Waals surface area contributed by atoms with Crippen molar-refractivity contribution in [3.8, 4) is 11.3 Å². The summed E-state index contributed by atoms with van der Waals surface area (Å²) in [5, 5.41) is 6.85. The lowest BCUT2D eigenvalue weighted by Crippen LogP contribution is -2.26. The lowest BCUT2D eigenvalue weighted by Gasteiger charge is -2.12. The largest absolute Gasteiger partial charge is 0.308 e. The van der Waals surface area contributed by atoms with Crippen molar-refractivity contribution in [2.75, 3.05) is 0 Å². The molecule has 0 spiro atoms. The van der Waals surface area contributed by atoms with Gasteiger partial charge in [0.05, 0.1) is 5.69 Å². The predicted octanol–water partition coefficient (Wildman–Crippen LogP) is 4.09. The van der Waals surface area contributed by atoms with Gasteiger partial charge in [-0.25, -0.2) is 4.98 Å². The van der Waals surface area contributed by atoms with E-state index in [-0.39, 0.29) is 0 Å². The van der Waals surface area contributed by atoms with Crippen LogP contribution in [0, 0.1) is 0 Å². The highest BCUT2D eigenvalue weighted by Crippen LogP contribution is 2.21. The van der Waals surface area contributed by atoms with E-state index in [1.807, 2.05) is 6.07 Å². The molecule has 0 radical (unpaired) electrons. The minimum absolute atomic E-state index is 0.606. The zero-order valence-electron chi connectivity index (χ0n) is 11.0. The number of hydrogen-bond acceptors (Lipinski definition) is 3. The molecule has 1 aromatic carbocycles. The highest BCUT2D eigenvalue weighted by molar-refractivity contribution is 7.09. The maximum atomic E-state index is 4.68. The Bertz CT molecular complexity index is 460. The van der Waals surface area contributed by atoms with Crippen LogP contribution in [-0.2, 0) is 6.54 Å². The van der Waals surface area contributed by atoms with Gasteiger partial charge in [0.25, 0.3) is 0 Å². The normalized spacial score (nSPS) is 11.1. The number of aromatic nitrogens is 1. The molecule has 0 fully saturated rings. The molecule has 0 saturated carbocycles. The molecule has 0 amide bonds. The summed E-state index contributed by atoms with van der Waals surface area (Å²) in [4.78, 5) is 4.68. The van der Waals surface area contributed by atoms with Crippen molar-refractivity contribution in [3.05, 3.63) is 40.7 Å². The van der Waals surface area contributed by atoms with Gasteiger partial charge in [0.2, 0.25) is 0 Å². The fourth-order valence-electron chi connectivity index (χ4n) is 1.94. The molecule has 0 aliphatic carbocycles. The van der Waals surface area contributed by atoms with E-state index in [0.29, 0.717) is 6.04 Å². The second-order valence-corrected chi connectivity index (χ2v) is 5.33. The van der Waals surface area contributed by atoms with Gasteiger partial charge in [-0.1, -0.05) is 44.2 Å². The quantitative estimate of drug-likeness (QED) is 0.846. The van der Waals surface area contributed by atoms with E-state index in [2.05, 4.69) is 53.8 Å². The topological polar surface area (TPSA) is 24.9 Å². The molecule has 0 aliphatic rings. The van der Waals surface area contributed by atoms with E-state index < -0.39 is 0 Å². The summed E-state index contributed by atoms with van der Waals surface area (Å²) in [6, 6.07) is 11.0. The summed E-state index contributed by atoms with van der Waals surface area (Å²) in [7, 11) is 0. The maximum Gasteiger partial charge on any atom is 0.107 e. The van der Waals surface area contributed by atoms with Crippen molar-refractivity contribution in [2.24, 2.45) is 0 Å². The van der Waals surface area contributed by atoms with Gasteiger partial charge in [-0.3, -0.25) is 0 Å². The Kier molecular flexibility index (Phi) is 4.90. The molecule has 1 heterocycles. The van der Waals surface area contributed by atoms with Crippen LogP contribution in [0.25, 0.3) is 11.3 Å². The fourth-order valence-corrected chi connectivity index (χ4v) is 2.70. The van der Waals surface area contributed by atoms with E-state index in [1.54, 1.807) is 11.3 Å². The summed E-state index contributed by atoms with van der Waals surface area (Å²) in [6.07, 6.45) is 2.35. The average molecular weight is 260 g/mol. The van der Waals surface area contributed by atoms with Crippen LogP contribution in [0.2, 0.25) is 0 Å². The van der Waals surface area contributed by atoms with E-state index in [0.717, 1.165) is 12.2 Å². The van der Waals surface area contributed by atoms with Gasteiger partial charge in [-0.15, -0.1) is 11.3 Å². The number of nitrogens with one attached hydrogen (secondary N) is 1. The Hall–Kier alpha value is -1.19. The van der Waals surface area contributed by atoms with Crippen molar-refractivity contribution >= 4 is 11.3 Å². The molecule has 2 rings (SSSR count). The number of nitrogens with zero attached hydrogens (tertiary/aromatic N) is 1. The van der Waals surface area contributed by atoms with Crippen LogP contribution in [0.4, 0.5) is 0 Å². The van der Waals surface area contributed by atoms with Gasteiger partial charge in [-0.05, 0) is 12.8 Å². The Morgan fingerprint density at radius 2 is 1.89 bits per heavy atom. The van der Waals surface area contributed by atoms with Crippen LogP contribution in [0.3, 0.4) is 0 Å². The highest BCUT2D eigenvalue weighted by atomic mass is 32.1. The average Bonchev–Trinajstić information content (AvgIpc) is 2.90. The van der Waals surface area contributed by atoms with Gasteiger partial charge in [0.1, 0.15) is 5.01 Å². The van der Waals surface area contributed by atoms with E-state index in [4.69, 9.17) is 0 Å². The van der Waals surface area contributed by atoms with Crippen molar-refractivity contribution in [1.82, 2.24) is 10.3 Å². The second kappa shape index (κ2) is 6.66. The SMILES string of the molecule is CCC(CC)NCc1nc(-c2ccccc2)cs1. The minimum Gasteiger partial charge on any atom is -0.308 e. The van der Waals surface area contributed by atoms with Gasteiger partial charge in [0.15, 0.2) is 0 Å². The molecular weight excluding hydrogens is 240 g/mol. The van der Waals surface area contributed by atoms with E-state index in [9.17, 15) is 0 Å². The zero-order chi connectivity index (χ0) is 12.8. The first-order valence-corrected chi connectivity index (χ1v) is 7.44. The van der Waals surface area contributed by atoms with Crippen molar-refractivity contribution < 1.29 is 0 Å². The molecule has 0 saturated heterocycles. The molecule has 0 unspecified atom stereocenters. The summed E-state index contributed by atoms with van der Waals surface area (Å²) >= 11 is 1.73. The molecule has 1 aromatic heterocycles. The van der Waals surface area contributed by atoms with Crippen LogP contribution in [-0.4, -0.2) is 11.0 Å². The molecule has 2 aromatic rings. The summed E-state index contributed by atoms with van der Waals surface area (Å²) in [5.41, 5.74) is 2.28. The van der Waals surface area contributed by atoms with E-state index in [1.165, 1.54) is 23.4 Å². The minimum atomic E-state index is 0.606. The smallest absolute Gasteiger partial charge is 0.107 e. The third kappa shape index (κ3) is 3.40. The first-order valence-electron chi connectivity index (χ1n) is 6.56. The van der Waals surface area contributed by atoms with Crippen molar-refractivity contribution in [2.45, 2.75) is 39.3 Å². The third-order valence-corrected chi connectivity index (χ3v) is 4.00. The monoisotopic (exact) mass is 260 g/mol. The molecule has 3 heteroatoms. The maximum absolute atomic E-state index is 4.68. The summed E-state index contributed by atoms with van der Waals surface area (Å²) in [6.45, 7) is 5.32. The highest BCUT2D eigenvalue weighted by Gasteiger charge is 2.06. The number of benzene rings is 1. The van der Waals surface area contributed by atoms with Crippen LogP contribution < -0.4 is 5.32 Å². The third-order valence-electron chi connectivity index (χ3n) is 3.15. The Morgan fingerprint density at radius 3 is 2.56 bits per heavy atom. The van der Waals surface area contributed by atoms with Gasteiger partial charge < -0.3 is 5.32 Å². The zero-order valence-corrected chi connectivity index (χ0v) is 11.8. The van der Waals surface area contributed by atoms with Gasteiger partial charge >= 0.3 is 0 Å². The first-order chi connectivity index (χ1) is 8.83. The predicted molar refractivity (Wildman–Crippen MR) is 78.8 cm³/mol. The molecule has 0 atom stereocenters. The molecular formula is C15H20N2S. The molecule has 2 nitrogen and oxygen atoms in total. The van der Waals surface area contributed by atoms with Crippen LogP contribution in [0.5, 0.6) is 0 Å². The van der Waals surface area contributed by atoms with Crippen LogP contribution in [0.15, 0.2) is 35.7 Å². The first kappa shape index (κ1) is 13.2. The lowest BCUT2D eigenvalue weighted by atomic mass is 10.2. The number of thiazole rings is 1. The molecule has 96 valence electrons. The Morgan fingerprint density at radius 1 is 1.17 bits per heavy atom. The Labute approximate surface area is 113 Å². The second-order valence-electron chi connectivity index (χ2n) is 4.39. The lowest BCUT2D eigenvalue weighted by molar-refractivity contribution is 0.483. The van der Waals surface area contributed by atoms with Crippen molar-refractivity contribution in [1.29, 1.82) is 0 Å². The van der Waals surface area contributed by atoms with Crippen molar-refractivity contribution in [3.63, 3.8) is 0 Å². The molecule has 0 bridgehead atoms.